The molecule has 0 aliphatic carbocycles. The number of rotatable bonds is 4. The van der Waals surface area contributed by atoms with Crippen molar-refractivity contribution in [2.24, 2.45) is 0 Å². The normalized spacial score (nSPS) is 15.8. The van der Waals surface area contributed by atoms with Gasteiger partial charge >= 0.3 is 0 Å². The number of carbonyl (C=O) groups excluding carboxylic acids is 1. The number of benzene rings is 1. The highest BCUT2D eigenvalue weighted by Crippen LogP contribution is 2.19. The van der Waals surface area contributed by atoms with Crippen molar-refractivity contribution in [3.05, 3.63) is 29.3 Å². The summed E-state index contributed by atoms with van der Waals surface area (Å²) in [5.41, 5.74) is 2.36. The standard InChI is InChI=1S/C17H25NO2/c1-14-7-8-16(15(2)13-14)20-12-9-17(19)18-10-5-3-4-6-11-18/h7-8,13H,3-6,9-12H2,1-2H3. The molecule has 0 radical (unpaired) electrons. The molecular formula is C17H25NO2. The Morgan fingerprint density at radius 2 is 1.85 bits per heavy atom. The SMILES string of the molecule is Cc1ccc(OCCC(=O)N2CCCCCC2)c(C)c1. The number of likely N-dealkylation sites (tertiary alicyclic amines) is 1. The first-order valence-electron chi connectivity index (χ1n) is 7.64. The number of carbonyl (C=O) groups is 1. The van der Waals surface area contributed by atoms with Crippen molar-refractivity contribution in [3.63, 3.8) is 0 Å². The Bertz CT molecular complexity index is 448. The van der Waals surface area contributed by atoms with E-state index in [1.165, 1.54) is 18.4 Å². The van der Waals surface area contributed by atoms with E-state index in [4.69, 9.17) is 4.74 Å². The molecule has 3 heteroatoms. The van der Waals surface area contributed by atoms with Crippen molar-refractivity contribution in [1.29, 1.82) is 0 Å². The minimum absolute atomic E-state index is 0.233. The molecule has 0 N–H and O–H groups in total. The second-order valence-electron chi connectivity index (χ2n) is 5.66. The molecule has 110 valence electrons. The summed E-state index contributed by atoms with van der Waals surface area (Å²) in [6.07, 6.45) is 5.27. The lowest BCUT2D eigenvalue weighted by atomic mass is 10.1. The van der Waals surface area contributed by atoms with Gasteiger partial charge in [-0.1, -0.05) is 30.5 Å². The molecule has 3 nitrogen and oxygen atoms in total. The van der Waals surface area contributed by atoms with Crippen LogP contribution in [0.5, 0.6) is 5.75 Å². The van der Waals surface area contributed by atoms with Gasteiger partial charge in [0, 0.05) is 13.1 Å². The van der Waals surface area contributed by atoms with Gasteiger partial charge in [0.25, 0.3) is 0 Å². The lowest BCUT2D eigenvalue weighted by molar-refractivity contribution is -0.131. The Balaban J connectivity index is 1.78. The summed E-state index contributed by atoms with van der Waals surface area (Å²) >= 11 is 0. The minimum atomic E-state index is 0.233. The molecule has 0 spiro atoms. The Morgan fingerprint density at radius 1 is 1.15 bits per heavy atom. The van der Waals surface area contributed by atoms with Crippen LogP contribution in [0, 0.1) is 13.8 Å². The number of aryl methyl sites for hydroxylation is 2. The Hall–Kier alpha value is -1.51. The molecule has 0 saturated carbocycles. The fourth-order valence-corrected chi connectivity index (χ4v) is 2.69. The van der Waals surface area contributed by atoms with Gasteiger partial charge in [-0.2, -0.15) is 0 Å². The zero-order chi connectivity index (χ0) is 14.4. The molecule has 1 fully saturated rings. The smallest absolute Gasteiger partial charge is 0.225 e. The van der Waals surface area contributed by atoms with Crippen LogP contribution in [0.3, 0.4) is 0 Å². The van der Waals surface area contributed by atoms with E-state index >= 15 is 0 Å². The van der Waals surface area contributed by atoms with Gasteiger partial charge in [0.2, 0.25) is 5.91 Å². The van der Waals surface area contributed by atoms with Crippen LogP contribution >= 0.6 is 0 Å². The van der Waals surface area contributed by atoms with Crippen LogP contribution in [-0.4, -0.2) is 30.5 Å². The van der Waals surface area contributed by atoms with Crippen molar-refractivity contribution >= 4 is 5.91 Å². The van der Waals surface area contributed by atoms with E-state index in [0.717, 1.165) is 37.2 Å². The highest BCUT2D eigenvalue weighted by molar-refractivity contribution is 5.76. The van der Waals surface area contributed by atoms with E-state index in [1.807, 2.05) is 24.0 Å². The zero-order valence-electron chi connectivity index (χ0n) is 12.7. The molecule has 1 saturated heterocycles. The molecule has 1 aromatic carbocycles. The molecule has 0 unspecified atom stereocenters. The number of amides is 1. The monoisotopic (exact) mass is 275 g/mol. The van der Waals surface area contributed by atoms with Gasteiger partial charge < -0.3 is 9.64 Å². The first kappa shape index (κ1) is 14.9. The molecule has 1 amide bonds. The van der Waals surface area contributed by atoms with Gasteiger partial charge in [-0.05, 0) is 38.3 Å². The molecule has 1 heterocycles. The third-order valence-corrected chi connectivity index (χ3v) is 3.86. The fraction of sp³-hybridized carbons (Fsp3) is 0.588. The van der Waals surface area contributed by atoms with Crippen LogP contribution < -0.4 is 4.74 Å². The van der Waals surface area contributed by atoms with Crippen LogP contribution in [0.25, 0.3) is 0 Å². The van der Waals surface area contributed by atoms with E-state index < -0.39 is 0 Å². The van der Waals surface area contributed by atoms with Crippen LogP contribution in [0.1, 0.15) is 43.2 Å². The van der Waals surface area contributed by atoms with Gasteiger partial charge in [-0.15, -0.1) is 0 Å². The lowest BCUT2D eigenvalue weighted by Gasteiger charge is -2.20. The maximum absolute atomic E-state index is 12.1. The van der Waals surface area contributed by atoms with E-state index in [0.29, 0.717) is 13.0 Å². The summed E-state index contributed by atoms with van der Waals surface area (Å²) in [6, 6.07) is 6.13. The number of nitrogens with zero attached hydrogens (tertiary/aromatic N) is 1. The first-order chi connectivity index (χ1) is 9.66. The van der Waals surface area contributed by atoms with Crippen LogP contribution in [-0.2, 0) is 4.79 Å². The van der Waals surface area contributed by atoms with Crippen molar-refractivity contribution in [1.82, 2.24) is 4.90 Å². The number of hydrogen-bond donors (Lipinski definition) is 0. The van der Waals surface area contributed by atoms with Crippen molar-refractivity contribution in [2.45, 2.75) is 46.0 Å². The van der Waals surface area contributed by atoms with Crippen LogP contribution in [0.15, 0.2) is 18.2 Å². The predicted molar refractivity (Wildman–Crippen MR) is 81.1 cm³/mol. The Labute approximate surface area is 121 Å². The highest BCUT2D eigenvalue weighted by Gasteiger charge is 2.15. The average molecular weight is 275 g/mol. The number of ether oxygens (including phenoxy) is 1. The van der Waals surface area contributed by atoms with Crippen molar-refractivity contribution in [3.8, 4) is 5.75 Å². The first-order valence-corrected chi connectivity index (χ1v) is 7.64. The summed E-state index contributed by atoms with van der Waals surface area (Å²) in [4.78, 5) is 14.1. The molecule has 0 bridgehead atoms. The molecule has 2 rings (SSSR count). The maximum atomic E-state index is 12.1. The molecule has 20 heavy (non-hydrogen) atoms. The Kier molecular flexibility index (Phi) is 5.45. The third kappa shape index (κ3) is 4.26. The van der Waals surface area contributed by atoms with E-state index in [1.54, 1.807) is 0 Å². The van der Waals surface area contributed by atoms with Crippen LogP contribution in [0.2, 0.25) is 0 Å². The molecule has 1 aliphatic heterocycles. The summed E-state index contributed by atoms with van der Waals surface area (Å²) in [5, 5.41) is 0. The predicted octanol–water partition coefficient (Wildman–Crippen LogP) is 3.47. The maximum Gasteiger partial charge on any atom is 0.225 e. The summed E-state index contributed by atoms with van der Waals surface area (Å²) in [6.45, 7) is 6.42. The molecular weight excluding hydrogens is 250 g/mol. The van der Waals surface area contributed by atoms with E-state index in [2.05, 4.69) is 13.0 Å². The Morgan fingerprint density at radius 3 is 2.50 bits per heavy atom. The van der Waals surface area contributed by atoms with E-state index in [-0.39, 0.29) is 5.91 Å². The second-order valence-corrected chi connectivity index (χ2v) is 5.66. The molecule has 0 atom stereocenters. The van der Waals surface area contributed by atoms with Gasteiger partial charge in [0.05, 0.1) is 13.0 Å². The summed E-state index contributed by atoms with van der Waals surface area (Å²) in [5.74, 6) is 1.12. The van der Waals surface area contributed by atoms with E-state index in [9.17, 15) is 4.79 Å². The van der Waals surface area contributed by atoms with Crippen LogP contribution in [0.4, 0.5) is 0 Å². The average Bonchev–Trinajstić information content (AvgIpc) is 2.70. The van der Waals surface area contributed by atoms with Gasteiger partial charge in [-0.25, -0.2) is 0 Å². The van der Waals surface area contributed by atoms with Gasteiger partial charge in [-0.3, -0.25) is 4.79 Å². The van der Waals surface area contributed by atoms with Crippen molar-refractivity contribution in [2.75, 3.05) is 19.7 Å². The molecule has 1 aliphatic rings. The fourth-order valence-electron chi connectivity index (χ4n) is 2.69. The molecule has 1 aromatic rings. The highest BCUT2D eigenvalue weighted by atomic mass is 16.5. The lowest BCUT2D eigenvalue weighted by Crippen LogP contribution is -2.32. The summed E-state index contributed by atoms with van der Waals surface area (Å²) < 4.78 is 5.74. The zero-order valence-corrected chi connectivity index (χ0v) is 12.7. The van der Waals surface area contributed by atoms with Gasteiger partial charge in [0.1, 0.15) is 5.75 Å². The summed E-state index contributed by atoms with van der Waals surface area (Å²) in [7, 11) is 0. The second kappa shape index (κ2) is 7.32. The third-order valence-electron chi connectivity index (χ3n) is 3.86. The molecule has 0 aromatic heterocycles. The largest absolute Gasteiger partial charge is 0.493 e. The minimum Gasteiger partial charge on any atom is -0.493 e. The number of hydrogen-bond acceptors (Lipinski definition) is 2. The quantitative estimate of drug-likeness (QED) is 0.842. The van der Waals surface area contributed by atoms with Gasteiger partial charge in [0.15, 0.2) is 0 Å². The topological polar surface area (TPSA) is 29.5 Å². The van der Waals surface area contributed by atoms with Crippen molar-refractivity contribution < 1.29 is 9.53 Å².